The first-order chi connectivity index (χ1) is 15.3. The molecule has 0 spiro atoms. The molecule has 0 radical (unpaired) electrons. The fourth-order valence-electron chi connectivity index (χ4n) is 3.39. The van der Waals surface area contributed by atoms with Crippen LogP contribution in [0, 0.1) is 13.8 Å². The number of aromatic nitrogens is 1. The first-order valence-corrected chi connectivity index (χ1v) is 13.7. The number of carbonyl (C=O) groups excluding carboxylic acids is 2. The Hall–Kier alpha value is -2.09. The quantitative estimate of drug-likeness (QED) is 0.402. The van der Waals surface area contributed by atoms with Crippen LogP contribution in [0.15, 0.2) is 42.5 Å². The number of aliphatic carboxylic acids is 1. The topological polar surface area (TPSA) is 130 Å². The minimum absolute atomic E-state index is 0.0483. The van der Waals surface area contributed by atoms with E-state index in [1.165, 1.54) is 39.8 Å². The van der Waals surface area contributed by atoms with Gasteiger partial charge >= 0.3 is 5.97 Å². The predicted molar refractivity (Wildman–Crippen MR) is 122 cm³/mol. The number of carbonyl (C=O) groups is 3. The number of amides is 2. The van der Waals surface area contributed by atoms with E-state index in [1.807, 2.05) is 6.92 Å². The first kappa shape index (κ1) is 23.1. The van der Waals surface area contributed by atoms with Crippen LogP contribution in [0.2, 0.25) is 0 Å². The van der Waals surface area contributed by atoms with E-state index in [2.05, 4.69) is 10.3 Å². The molecule has 32 heavy (non-hydrogen) atoms. The number of fused-ring (bicyclic) bond motifs is 1. The van der Waals surface area contributed by atoms with Gasteiger partial charge in [-0.1, -0.05) is 17.8 Å². The van der Waals surface area contributed by atoms with Crippen LogP contribution < -0.4 is 5.32 Å². The zero-order chi connectivity index (χ0) is 23.0. The lowest BCUT2D eigenvalue weighted by molar-refractivity contribution is -0.150. The molecular weight excluding hydrogens is 494 g/mol. The Kier molecular flexibility index (Phi) is 6.79. The van der Waals surface area contributed by atoms with Crippen molar-refractivity contribution in [1.82, 2.24) is 15.2 Å². The lowest BCUT2D eigenvalue weighted by Gasteiger charge is -2.49. The second kappa shape index (κ2) is 9.41. The van der Waals surface area contributed by atoms with Gasteiger partial charge in [0.2, 0.25) is 5.91 Å². The third kappa shape index (κ3) is 4.51. The third-order valence-corrected chi connectivity index (χ3v) is 9.88. The SMILES string of the molecule is Cc1nc(C)c(SCC2=C(C(=O)O)N3C(=O)C(NC(=O)CS(=O)c4cccs4)[C@H]3SC2)o1. The molecule has 0 saturated carbocycles. The van der Waals surface area contributed by atoms with Crippen molar-refractivity contribution < 1.29 is 28.1 Å². The Morgan fingerprint density at radius 3 is 2.84 bits per heavy atom. The molecule has 2 aromatic heterocycles. The van der Waals surface area contributed by atoms with Crippen molar-refractivity contribution in [3.63, 3.8) is 0 Å². The molecule has 1 saturated heterocycles. The Labute approximate surface area is 198 Å². The number of oxazole rings is 1. The summed E-state index contributed by atoms with van der Waals surface area (Å²) in [6.45, 7) is 3.55. The van der Waals surface area contributed by atoms with Crippen LogP contribution in [0.25, 0.3) is 0 Å². The molecule has 3 atom stereocenters. The standard InChI is InChI=1S/C19H19N3O6S4/c1-9-19(28-10(2)20-9)31-7-11-6-30-17-14(16(24)22(17)15(11)18(25)26)21-12(23)8-32(27)13-4-3-5-29-13/h3-5,14,17H,6-8H2,1-2H3,(H,21,23)(H,25,26)/t14?,17-,32?/m1/s1. The van der Waals surface area contributed by atoms with Gasteiger partial charge in [-0.25, -0.2) is 9.78 Å². The molecule has 4 heterocycles. The van der Waals surface area contributed by atoms with E-state index in [4.69, 9.17) is 4.42 Å². The lowest BCUT2D eigenvalue weighted by atomic mass is 10.0. The summed E-state index contributed by atoms with van der Waals surface area (Å²) in [5.74, 6) is -1.14. The van der Waals surface area contributed by atoms with Gasteiger partial charge in [0.15, 0.2) is 11.0 Å². The van der Waals surface area contributed by atoms with Gasteiger partial charge in [-0.3, -0.25) is 18.7 Å². The number of hydrogen-bond donors (Lipinski definition) is 2. The normalized spacial score (nSPS) is 21.2. The fourth-order valence-corrected chi connectivity index (χ4v) is 7.76. The molecule has 2 aliphatic rings. The summed E-state index contributed by atoms with van der Waals surface area (Å²) in [6, 6.07) is 2.60. The molecule has 1 fully saturated rings. The number of rotatable bonds is 8. The Morgan fingerprint density at radius 2 is 2.22 bits per heavy atom. The van der Waals surface area contributed by atoms with Gasteiger partial charge in [-0.2, -0.15) is 0 Å². The second-order valence-corrected chi connectivity index (χ2v) is 11.7. The van der Waals surface area contributed by atoms with Crippen LogP contribution in [0.3, 0.4) is 0 Å². The molecule has 2 N–H and O–H groups in total. The van der Waals surface area contributed by atoms with Crippen LogP contribution in [0.1, 0.15) is 11.6 Å². The van der Waals surface area contributed by atoms with Crippen molar-refractivity contribution in [2.45, 2.75) is 34.6 Å². The Balaban J connectivity index is 1.42. The molecule has 0 aromatic carbocycles. The molecule has 9 nitrogen and oxygen atoms in total. The maximum Gasteiger partial charge on any atom is 0.352 e. The van der Waals surface area contributed by atoms with Gasteiger partial charge in [0.1, 0.15) is 22.9 Å². The summed E-state index contributed by atoms with van der Waals surface area (Å²) in [6.07, 6.45) is 0. The highest BCUT2D eigenvalue weighted by Gasteiger charge is 2.54. The van der Waals surface area contributed by atoms with Crippen LogP contribution in [0.5, 0.6) is 0 Å². The minimum Gasteiger partial charge on any atom is -0.477 e. The van der Waals surface area contributed by atoms with Gasteiger partial charge < -0.3 is 14.8 Å². The number of thioether (sulfide) groups is 2. The maximum atomic E-state index is 12.7. The van der Waals surface area contributed by atoms with Crippen LogP contribution in [0.4, 0.5) is 0 Å². The third-order valence-electron chi connectivity index (χ3n) is 4.79. The smallest absolute Gasteiger partial charge is 0.352 e. The zero-order valence-electron chi connectivity index (χ0n) is 17.0. The van der Waals surface area contributed by atoms with Gasteiger partial charge in [-0.15, -0.1) is 23.1 Å². The fraction of sp³-hybridized carbons (Fsp3) is 0.368. The van der Waals surface area contributed by atoms with E-state index in [9.17, 15) is 23.7 Å². The molecule has 0 bridgehead atoms. The van der Waals surface area contributed by atoms with Gasteiger partial charge in [-0.05, 0) is 23.9 Å². The molecule has 170 valence electrons. The lowest BCUT2D eigenvalue weighted by Crippen LogP contribution is -2.70. The molecule has 4 rings (SSSR count). The van der Waals surface area contributed by atoms with Gasteiger partial charge in [0.05, 0.1) is 20.7 Å². The maximum absolute atomic E-state index is 12.7. The van der Waals surface area contributed by atoms with E-state index in [0.717, 1.165) is 5.69 Å². The zero-order valence-corrected chi connectivity index (χ0v) is 20.3. The van der Waals surface area contributed by atoms with Crippen molar-refractivity contribution in [2.24, 2.45) is 0 Å². The van der Waals surface area contributed by atoms with Crippen LogP contribution >= 0.6 is 34.9 Å². The molecule has 0 aliphatic carbocycles. The van der Waals surface area contributed by atoms with Crippen LogP contribution in [-0.2, 0) is 25.2 Å². The highest BCUT2D eigenvalue weighted by atomic mass is 32.2. The summed E-state index contributed by atoms with van der Waals surface area (Å²) in [5.41, 5.74) is 1.29. The Bertz CT molecular complexity index is 1130. The van der Waals surface area contributed by atoms with Crippen molar-refractivity contribution in [2.75, 3.05) is 17.3 Å². The largest absolute Gasteiger partial charge is 0.477 e. The molecular formula is C19H19N3O6S4. The molecule has 2 aromatic rings. The summed E-state index contributed by atoms with van der Waals surface area (Å²) in [5, 5.41) is 14.3. The van der Waals surface area contributed by atoms with Crippen molar-refractivity contribution in [3.05, 3.63) is 40.4 Å². The number of nitrogens with one attached hydrogen (secondary N) is 1. The highest BCUT2D eigenvalue weighted by Crippen LogP contribution is 2.41. The highest BCUT2D eigenvalue weighted by molar-refractivity contribution is 8.01. The number of β-lactam (4-membered cyclic amide) rings is 1. The number of nitrogens with zero attached hydrogens (tertiary/aromatic N) is 2. The van der Waals surface area contributed by atoms with Gasteiger partial charge in [0.25, 0.3) is 5.91 Å². The predicted octanol–water partition coefficient (Wildman–Crippen LogP) is 1.99. The van der Waals surface area contributed by atoms with E-state index < -0.39 is 40.0 Å². The van der Waals surface area contributed by atoms with E-state index >= 15 is 0 Å². The van der Waals surface area contributed by atoms with Crippen molar-refractivity contribution >= 4 is 63.4 Å². The number of aryl methyl sites for hydroxylation is 2. The van der Waals surface area contributed by atoms with Crippen LogP contribution in [-0.4, -0.2) is 65.7 Å². The molecule has 13 heteroatoms. The number of thiophene rings is 1. The van der Waals surface area contributed by atoms with Crippen molar-refractivity contribution in [1.29, 1.82) is 0 Å². The summed E-state index contributed by atoms with van der Waals surface area (Å²) in [4.78, 5) is 42.4. The molecule has 2 unspecified atom stereocenters. The van der Waals surface area contributed by atoms with E-state index in [1.54, 1.807) is 24.4 Å². The van der Waals surface area contributed by atoms with E-state index in [-0.39, 0.29) is 11.4 Å². The average molecular weight is 514 g/mol. The summed E-state index contributed by atoms with van der Waals surface area (Å²) < 4.78 is 18.3. The number of carboxylic acid groups (broad SMARTS) is 1. The Morgan fingerprint density at radius 1 is 1.44 bits per heavy atom. The minimum atomic E-state index is -1.48. The van der Waals surface area contributed by atoms with Gasteiger partial charge in [0, 0.05) is 18.4 Å². The first-order valence-electron chi connectivity index (χ1n) is 9.44. The number of carboxylic acids is 1. The molecule has 2 amide bonds. The van der Waals surface area contributed by atoms with E-state index in [0.29, 0.717) is 32.3 Å². The summed E-state index contributed by atoms with van der Waals surface area (Å²) >= 11 is 4.03. The van der Waals surface area contributed by atoms with Crippen molar-refractivity contribution in [3.8, 4) is 0 Å². The molecule has 2 aliphatic heterocycles. The average Bonchev–Trinajstić information content (AvgIpc) is 3.39. The second-order valence-electron chi connectivity index (χ2n) is 7.03. The summed E-state index contributed by atoms with van der Waals surface area (Å²) in [7, 11) is -1.48. The monoisotopic (exact) mass is 513 g/mol. The number of hydrogen-bond acceptors (Lipinski definition) is 9.